The van der Waals surface area contributed by atoms with Gasteiger partial charge in [-0.05, 0) is 72.2 Å². The Balaban J connectivity index is 1.27. The molecule has 0 spiro atoms. The number of nitrogens with zero attached hydrogens (tertiary/aromatic N) is 2. The summed E-state index contributed by atoms with van der Waals surface area (Å²) in [6.07, 6.45) is 0. The molecule has 3 aromatic rings. The van der Waals surface area contributed by atoms with E-state index in [0.29, 0.717) is 24.6 Å². The van der Waals surface area contributed by atoms with Gasteiger partial charge in [0.1, 0.15) is 0 Å². The molecule has 180 valence electrons. The summed E-state index contributed by atoms with van der Waals surface area (Å²) in [5.74, 6) is 0.257. The van der Waals surface area contributed by atoms with E-state index in [1.54, 1.807) is 0 Å². The zero-order chi connectivity index (χ0) is 24.8. The van der Waals surface area contributed by atoms with E-state index < -0.39 is 0 Å². The fraction of sp³-hybridized carbons (Fsp3) is 0.250. The first kappa shape index (κ1) is 24.4. The van der Waals surface area contributed by atoms with Crippen LogP contribution in [0.25, 0.3) is 0 Å². The minimum absolute atomic E-state index is 0.0798. The van der Waals surface area contributed by atoms with Crippen LogP contribution in [0.2, 0.25) is 0 Å². The SMILES string of the molecule is CC(C)c1ccc(C(=O)NC(=S)Nc2ccc(N3CCN(C(=O)c4ccccc4)CC3)cc2)cc1. The third-order valence-corrected chi connectivity index (χ3v) is 6.35. The third-order valence-electron chi connectivity index (χ3n) is 6.14. The smallest absolute Gasteiger partial charge is 0.257 e. The number of hydrogen-bond donors (Lipinski definition) is 2. The number of carbonyl (C=O) groups excluding carboxylic acids is 2. The highest BCUT2D eigenvalue weighted by Crippen LogP contribution is 2.20. The monoisotopic (exact) mass is 486 g/mol. The number of thiocarbonyl (C=S) groups is 1. The van der Waals surface area contributed by atoms with Crippen LogP contribution in [0.15, 0.2) is 78.9 Å². The first-order chi connectivity index (χ1) is 16.9. The summed E-state index contributed by atoms with van der Waals surface area (Å²) in [5, 5.41) is 6.06. The summed E-state index contributed by atoms with van der Waals surface area (Å²) in [4.78, 5) is 29.3. The van der Waals surface area contributed by atoms with Crippen molar-refractivity contribution < 1.29 is 9.59 Å². The molecule has 7 heteroatoms. The molecule has 1 heterocycles. The van der Waals surface area contributed by atoms with Crippen LogP contribution >= 0.6 is 12.2 Å². The molecule has 6 nitrogen and oxygen atoms in total. The molecule has 1 aliphatic rings. The van der Waals surface area contributed by atoms with E-state index in [1.807, 2.05) is 83.8 Å². The van der Waals surface area contributed by atoms with Gasteiger partial charge in [-0.2, -0.15) is 0 Å². The summed E-state index contributed by atoms with van der Waals surface area (Å²) < 4.78 is 0. The molecule has 35 heavy (non-hydrogen) atoms. The van der Waals surface area contributed by atoms with Crippen molar-refractivity contribution in [3.05, 3.63) is 95.6 Å². The van der Waals surface area contributed by atoms with Gasteiger partial charge in [-0.1, -0.05) is 44.2 Å². The van der Waals surface area contributed by atoms with Crippen LogP contribution in [-0.2, 0) is 0 Å². The fourth-order valence-electron chi connectivity index (χ4n) is 4.04. The van der Waals surface area contributed by atoms with Crippen LogP contribution in [0.4, 0.5) is 11.4 Å². The van der Waals surface area contributed by atoms with Crippen LogP contribution in [-0.4, -0.2) is 48.0 Å². The van der Waals surface area contributed by atoms with Gasteiger partial charge >= 0.3 is 0 Å². The Kier molecular flexibility index (Phi) is 7.77. The number of anilines is 2. The van der Waals surface area contributed by atoms with Crippen molar-refractivity contribution in [3.63, 3.8) is 0 Å². The largest absolute Gasteiger partial charge is 0.368 e. The Morgan fingerprint density at radius 1 is 0.800 bits per heavy atom. The molecular weight excluding hydrogens is 456 g/mol. The van der Waals surface area contributed by atoms with E-state index >= 15 is 0 Å². The molecular formula is C28H30N4O2S. The Labute approximate surface area is 211 Å². The summed E-state index contributed by atoms with van der Waals surface area (Å²) >= 11 is 5.32. The normalized spacial score (nSPS) is 13.5. The first-order valence-corrected chi connectivity index (χ1v) is 12.2. The predicted octanol–water partition coefficient (Wildman–Crippen LogP) is 4.90. The predicted molar refractivity (Wildman–Crippen MR) is 145 cm³/mol. The van der Waals surface area contributed by atoms with Crippen molar-refractivity contribution in [1.29, 1.82) is 0 Å². The summed E-state index contributed by atoms with van der Waals surface area (Å²) in [6, 6.07) is 24.9. The molecule has 0 radical (unpaired) electrons. The molecule has 1 fully saturated rings. The van der Waals surface area contributed by atoms with Crippen LogP contribution in [0.3, 0.4) is 0 Å². The molecule has 2 N–H and O–H groups in total. The third kappa shape index (κ3) is 6.25. The highest BCUT2D eigenvalue weighted by molar-refractivity contribution is 7.80. The van der Waals surface area contributed by atoms with Crippen LogP contribution in [0.1, 0.15) is 46.0 Å². The first-order valence-electron chi connectivity index (χ1n) is 11.8. The second-order valence-electron chi connectivity index (χ2n) is 8.88. The van der Waals surface area contributed by atoms with Crippen molar-refractivity contribution in [3.8, 4) is 0 Å². The van der Waals surface area contributed by atoms with Crippen molar-refractivity contribution in [1.82, 2.24) is 10.2 Å². The number of amides is 2. The fourth-order valence-corrected chi connectivity index (χ4v) is 4.25. The molecule has 3 aromatic carbocycles. The molecule has 0 bridgehead atoms. The Bertz CT molecular complexity index is 1170. The molecule has 2 amide bonds. The highest BCUT2D eigenvalue weighted by atomic mass is 32.1. The minimum Gasteiger partial charge on any atom is -0.368 e. The van der Waals surface area contributed by atoms with E-state index in [4.69, 9.17) is 12.2 Å². The molecule has 0 aromatic heterocycles. The van der Waals surface area contributed by atoms with E-state index in [0.717, 1.165) is 30.0 Å². The van der Waals surface area contributed by atoms with Crippen molar-refractivity contribution in [2.75, 3.05) is 36.4 Å². The average Bonchev–Trinajstić information content (AvgIpc) is 2.89. The van der Waals surface area contributed by atoms with Crippen molar-refractivity contribution >= 4 is 40.5 Å². The number of benzene rings is 3. The number of hydrogen-bond acceptors (Lipinski definition) is 4. The van der Waals surface area contributed by atoms with Crippen molar-refractivity contribution in [2.45, 2.75) is 19.8 Å². The second kappa shape index (κ2) is 11.1. The standard InChI is InChI=1S/C28H30N4O2S/c1-20(2)21-8-10-22(11-9-21)26(33)30-28(35)29-24-12-14-25(15-13-24)31-16-18-32(19-17-31)27(34)23-6-4-3-5-7-23/h3-15,20H,16-19H2,1-2H3,(H2,29,30,33,35). The molecule has 1 aliphatic heterocycles. The maximum Gasteiger partial charge on any atom is 0.257 e. The zero-order valence-corrected chi connectivity index (χ0v) is 20.8. The van der Waals surface area contributed by atoms with E-state index in [1.165, 1.54) is 5.56 Å². The van der Waals surface area contributed by atoms with Gasteiger partial charge in [0.15, 0.2) is 5.11 Å². The molecule has 0 unspecified atom stereocenters. The van der Waals surface area contributed by atoms with E-state index in [9.17, 15) is 9.59 Å². The lowest BCUT2D eigenvalue weighted by Crippen LogP contribution is -2.48. The lowest BCUT2D eigenvalue weighted by Gasteiger charge is -2.36. The van der Waals surface area contributed by atoms with Crippen molar-refractivity contribution in [2.24, 2.45) is 0 Å². The topological polar surface area (TPSA) is 64.7 Å². The van der Waals surface area contributed by atoms with Gasteiger partial charge in [0.2, 0.25) is 0 Å². The van der Waals surface area contributed by atoms with E-state index in [-0.39, 0.29) is 16.9 Å². The van der Waals surface area contributed by atoms with Crippen LogP contribution in [0.5, 0.6) is 0 Å². The molecule has 0 aliphatic carbocycles. The second-order valence-corrected chi connectivity index (χ2v) is 9.29. The highest BCUT2D eigenvalue weighted by Gasteiger charge is 2.22. The summed E-state index contributed by atoms with van der Waals surface area (Å²) in [5.41, 5.74) is 4.37. The lowest BCUT2D eigenvalue weighted by atomic mass is 10.0. The summed E-state index contributed by atoms with van der Waals surface area (Å²) in [7, 11) is 0. The van der Waals surface area contributed by atoms with Gasteiger partial charge in [0, 0.05) is 48.7 Å². The Morgan fingerprint density at radius 3 is 2.03 bits per heavy atom. The minimum atomic E-state index is -0.239. The average molecular weight is 487 g/mol. The van der Waals surface area contributed by atoms with Gasteiger partial charge in [-0.3, -0.25) is 14.9 Å². The van der Waals surface area contributed by atoms with Gasteiger partial charge < -0.3 is 15.1 Å². The molecule has 0 atom stereocenters. The maximum absolute atomic E-state index is 12.7. The number of piperazine rings is 1. The Hall–Kier alpha value is -3.71. The van der Waals surface area contributed by atoms with E-state index in [2.05, 4.69) is 29.4 Å². The quantitative estimate of drug-likeness (QED) is 0.503. The van der Waals surface area contributed by atoms with Gasteiger partial charge in [-0.15, -0.1) is 0 Å². The zero-order valence-electron chi connectivity index (χ0n) is 20.0. The van der Waals surface area contributed by atoms with Crippen LogP contribution < -0.4 is 15.5 Å². The summed E-state index contributed by atoms with van der Waals surface area (Å²) in [6.45, 7) is 7.15. The Morgan fingerprint density at radius 2 is 1.43 bits per heavy atom. The molecule has 1 saturated heterocycles. The molecule has 0 saturated carbocycles. The van der Waals surface area contributed by atoms with Gasteiger partial charge in [0.05, 0.1) is 0 Å². The molecule has 4 rings (SSSR count). The maximum atomic E-state index is 12.7. The number of nitrogens with one attached hydrogen (secondary N) is 2. The van der Waals surface area contributed by atoms with Gasteiger partial charge in [0.25, 0.3) is 11.8 Å². The number of rotatable bonds is 5. The number of carbonyl (C=O) groups is 2. The van der Waals surface area contributed by atoms with Gasteiger partial charge in [-0.25, -0.2) is 0 Å². The lowest BCUT2D eigenvalue weighted by molar-refractivity contribution is 0.0746. The van der Waals surface area contributed by atoms with Crippen LogP contribution in [0, 0.1) is 0 Å².